The van der Waals surface area contributed by atoms with Gasteiger partial charge in [-0.3, -0.25) is 0 Å². The Labute approximate surface area is 102 Å². The molecule has 0 aliphatic carbocycles. The van der Waals surface area contributed by atoms with Gasteiger partial charge in [0.15, 0.2) is 12.6 Å². The summed E-state index contributed by atoms with van der Waals surface area (Å²) >= 11 is 0. The lowest BCUT2D eigenvalue weighted by Crippen LogP contribution is -2.28. The van der Waals surface area contributed by atoms with Crippen molar-refractivity contribution >= 4 is 0 Å². The molecule has 100 valence electrons. The van der Waals surface area contributed by atoms with E-state index in [0.717, 1.165) is 26.1 Å². The fraction of sp³-hybridized carbons (Fsp3) is 1.00. The van der Waals surface area contributed by atoms with E-state index in [1.165, 1.54) is 0 Å². The normalized spacial score (nSPS) is 30.0. The van der Waals surface area contributed by atoms with Gasteiger partial charge in [-0.25, -0.2) is 0 Å². The monoisotopic (exact) mass is 246 g/mol. The maximum Gasteiger partial charge on any atom is 0.160 e. The van der Waals surface area contributed by atoms with E-state index in [0.29, 0.717) is 13.2 Å². The molecule has 2 aliphatic heterocycles. The van der Waals surface area contributed by atoms with Crippen molar-refractivity contribution in [1.29, 1.82) is 0 Å². The van der Waals surface area contributed by atoms with E-state index in [9.17, 15) is 0 Å². The summed E-state index contributed by atoms with van der Waals surface area (Å²) in [5, 5.41) is 0. The summed E-state index contributed by atoms with van der Waals surface area (Å²) in [4.78, 5) is 0. The van der Waals surface area contributed by atoms with Gasteiger partial charge in [-0.15, -0.1) is 0 Å². The molecule has 0 N–H and O–H groups in total. The molecule has 0 bridgehead atoms. The molecule has 0 saturated carbocycles. The van der Waals surface area contributed by atoms with Crippen molar-refractivity contribution < 1.29 is 23.7 Å². The first-order chi connectivity index (χ1) is 8.31. The zero-order chi connectivity index (χ0) is 12.1. The van der Waals surface area contributed by atoms with E-state index in [-0.39, 0.29) is 24.8 Å². The number of hydrogen-bond donors (Lipinski definition) is 0. The first-order valence-corrected chi connectivity index (χ1v) is 6.43. The Morgan fingerprint density at radius 1 is 0.941 bits per heavy atom. The highest BCUT2D eigenvalue weighted by Gasteiger charge is 2.27. The second-order valence-corrected chi connectivity index (χ2v) is 4.39. The Hall–Kier alpha value is -0.200. The summed E-state index contributed by atoms with van der Waals surface area (Å²) < 4.78 is 27.2. The zero-order valence-corrected chi connectivity index (χ0v) is 10.6. The largest absolute Gasteiger partial charge is 0.371 e. The minimum absolute atomic E-state index is 0.204. The predicted octanol–water partition coefficient (Wildman–Crippen LogP) is 1.31. The quantitative estimate of drug-likeness (QED) is 0.429. The highest BCUT2D eigenvalue weighted by atomic mass is 16.8. The Balaban J connectivity index is 1.61. The van der Waals surface area contributed by atoms with Gasteiger partial charge in [0, 0.05) is 0 Å². The average Bonchev–Trinajstić information content (AvgIpc) is 3.22. The van der Waals surface area contributed by atoms with Crippen LogP contribution in [0.5, 0.6) is 0 Å². The smallest absolute Gasteiger partial charge is 0.160 e. The minimum Gasteiger partial charge on any atom is -0.371 e. The van der Waals surface area contributed by atoms with Crippen molar-refractivity contribution in [1.82, 2.24) is 0 Å². The van der Waals surface area contributed by atoms with Crippen LogP contribution in [0.15, 0.2) is 0 Å². The summed E-state index contributed by atoms with van der Waals surface area (Å²) in [5.74, 6) is 0. The molecule has 2 fully saturated rings. The Kier molecular flexibility index (Phi) is 5.18. The van der Waals surface area contributed by atoms with Crippen LogP contribution in [0.3, 0.4) is 0 Å². The van der Waals surface area contributed by atoms with Crippen molar-refractivity contribution in [3.05, 3.63) is 0 Å². The van der Waals surface area contributed by atoms with Gasteiger partial charge in [0.1, 0.15) is 12.2 Å². The molecular formula is C12H22O5. The third-order valence-corrected chi connectivity index (χ3v) is 2.71. The third-order valence-electron chi connectivity index (χ3n) is 2.71. The molecule has 0 amide bonds. The molecule has 0 radical (unpaired) electrons. The summed E-state index contributed by atoms with van der Waals surface area (Å²) in [6.45, 7) is 6.91. The van der Waals surface area contributed by atoms with E-state index in [4.69, 9.17) is 23.7 Å². The number of ether oxygens (including phenoxy) is 5. The molecule has 2 rings (SSSR count). The molecule has 4 unspecified atom stereocenters. The topological polar surface area (TPSA) is 52.8 Å². The zero-order valence-electron chi connectivity index (χ0n) is 10.6. The molecular weight excluding hydrogens is 224 g/mol. The predicted molar refractivity (Wildman–Crippen MR) is 60.6 cm³/mol. The average molecular weight is 246 g/mol. The second kappa shape index (κ2) is 6.66. The molecule has 0 aromatic rings. The van der Waals surface area contributed by atoms with E-state index < -0.39 is 0 Å². The van der Waals surface area contributed by atoms with Crippen molar-refractivity contribution in [3.8, 4) is 0 Å². The fourth-order valence-corrected chi connectivity index (χ4v) is 1.43. The Morgan fingerprint density at radius 3 is 1.65 bits per heavy atom. The third kappa shape index (κ3) is 5.31. The molecule has 5 heteroatoms. The van der Waals surface area contributed by atoms with E-state index in [2.05, 4.69) is 0 Å². The highest BCUT2D eigenvalue weighted by Crippen LogP contribution is 2.16. The van der Waals surface area contributed by atoms with Gasteiger partial charge in [-0.1, -0.05) is 13.8 Å². The lowest BCUT2D eigenvalue weighted by Gasteiger charge is -2.23. The summed E-state index contributed by atoms with van der Waals surface area (Å²) in [7, 11) is 0. The molecule has 0 aromatic carbocycles. The standard InChI is InChI=1S/C12H22O5/c1-3-11(15-7-9-5-13-9)17-12(4-2)16-8-10-6-14-10/h9-12H,3-8H2,1-2H3. The van der Waals surface area contributed by atoms with Crippen molar-refractivity contribution in [2.45, 2.75) is 51.5 Å². The van der Waals surface area contributed by atoms with Gasteiger partial charge in [0.2, 0.25) is 0 Å². The molecule has 2 aliphatic rings. The number of rotatable bonds is 10. The van der Waals surface area contributed by atoms with Crippen LogP contribution in [0.25, 0.3) is 0 Å². The summed E-state index contributed by atoms with van der Waals surface area (Å²) in [6.07, 6.45) is 1.76. The van der Waals surface area contributed by atoms with Crippen molar-refractivity contribution in [3.63, 3.8) is 0 Å². The van der Waals surface area contributed by atoms with Crippen LogP contribution in [-0.4, -0.2) is 51.2 Å². The maximum atomic E-state index is 5.75. The van der Waals surface area contributed by atoms with E-state index in [1.807, 2.05) is 13.8 Å². The van der Waals surface area contributed by atoms with Gasteiger partial charge in [-0.05, 0) is 12.8 Å². The van der Waals surface area contributed by atoms with Crippen LogP contribution in [0.1, 0.15) is 26.7 Å². The van der Waals surface area contributed by atoms with Crippen molar-refractivity contribution in [2.24, 2.45) is 0 Å². The first-order valence-electron chi connectivity index (χ1n) is 6.43. The summed E-state index contributed by atoms with van der Waals surface area (Å²) in [5.41, 5.74) is 0. The fourth-order valence-electron chi connectivity index (χ4n) is 1.43. The molecule has 0 spiro atoms. The van der Waals surface area contributed by atoms with Gasteiger partial charge in [0.05, 0.1) is 26.4 Å². The summed E-state index contributed by atoms with van der Waals surface area (Å²) in [6, 6.07) is 0. The Morgan fingerprint density at radius 2 is 1.35 bits per heavy atom. The first kappa shape index (κ1) is 13.2. The second-order valence-electron chi connectivity index (χ2n) is 4.39. The lowest BCUT2D eigenvalue weighted by atomic mass is 10.4. The molecule has 0 aromatic heterocycles. The van der Waals surface area contributed by atoms with Crippen LogP contribution < -0.4 is 0 Å². The maximum absolute atomic E-state index is 5.75. The van der Waals surface area contributed by atoms with Gasteiger partial charge in [0.25, 0.3) is 0 Å². The number of epoxide rings is 2. The van der Waals surface area contributed by atoms with Crippen LogP contribution in [-0.2, 0) is 23.7 Å². The minimum atomic E-state index is -0.204. The van der Waals surface area contributed by atoms with Crippen LogP contribution in [0.4, 0.5) is 0 Å². The molecule has 5 nitrogen and oxygen atoms in total. The van der Waals surface area contributed by atoms with Gasteiger partial charge >= 0.3 is 0 Å². The van der Waals surface area contributed by atoms with Gasteiger partial charge in [-0.2, -0.15) is 0 Å². The molecule has 2 heterocycles. The number of hydrogen-bond acceptors (Lipinski definition) is 5. The van der Waals surface area contributed by atoms with Crippen LogP contribution in [0, 0.1) is 0 Å². The molecule has 2 saturated heterocycles. The van der Waals surface area contributed by atoms with Crippen molar-refractivity contribution in [2.75, 3.05) is 26.4 Å². The van der Waals surface area contributed by atoms with E-state index in [1.54, 1.807) is 0 Å². The van der Waals surface area contributed by atoms with Crippen LogP contribution in [0.2, 0.25) is 0 Å². The van der Waals surface area contributed by atoms with Gasteiger partial charge < -0.3 is 23.7 Å². The van der Waals surface area contributed by atoms with E-state index >= 15 is 0 Å². The highest BCUT2D eigenvalue weighted by molar-refractivity contribution is 4.68. The molecule has 4 atom stereocenters. The SMILES string of the molecule is CCC(OCC1CO1)OC(CC)OCC1CO1. The van der Waals surface area contributed by atoms with Crippen LogP contribution >= 0.6 is 0 Å². The Bertz CT molecular complexity index is 193. The lowest BCUT2D eigenvalue weighted by molar-refractivity contribution is -0.248. The molecule has 17 heavy (non-hydrogen) atoms.